The van der Waals surface area contributed by atoms with Crippen LogP contribution in [0.3, 0.4) is 0 Å². The summed E-state index contributed by atoms with van der Waals surface area (Å²) in [6, 6.07) is 10.3. The molecule has 1 amide bonds. The molecule has 29 heavy (non-hydrogen) atoms. The van der Waals surface area contributed by atoms with Gasteiger partial charge in [-0.3, -0.25) is 4.79 Å². The highest BCUT2D eigenvalue weighted by molar-refractivity contribution is 6.35. The number of carbonyl (C=O) groups excluding carboxylic acids is 1. The van der Waals surface area contributed by atoms with Crippen LogP contribution in [-0.2, 0) is 14.3 Å². The van der Waals surface area contributed by atoms with Gasteiger partial charge < -0.3 is 14.7 Å². The molecule has 0 spiro atoms. The Morgan fingerprint density at radius 3 is 2.41 bits per heavy atom. The SMILES string of the molecule is CCC[C@@H](C(=O)O)N1C(=O)CO[C@H](c2ccc(Cl)cc2Cl)[C@@H]1c1ccc(Cl)cc1. The molecule has 8 heteroatoms. The fourth-order valence-corrected chi connectivity index (χ4v) is 4.28. The molecule has 154 valence electrons. The topological polar surface area (TPSA) is 66.8 Å². The van der Waals surface area contributed by atoms with Crippen LogP contribution in [0.1, 0.15) is 43.0 Å². The van der Waals surface area contributed by atoms with E-state index in [4.69, 9.17) is 39.5 Å². The largest absolute Gasteiger partial charge is 0.480 e. The lowest BCUT2D eigenvalue weighted by Gasteiger charge is -2.44. The van der Waals surface area contributed by atoms with Crippen molar-refractivity contribution >= 4 is 46.7 Å². The monoisotopic (exact) mass is 455 g/mol. The second-order valence-corrected chi connectivity index (χ2v) is 8.12. The first-order valence-corrected chi connectivity index (χ1v) is 10.3. The van der Waals surface area contributed by atoms with Crippen LogP contribution < -0.4 is 0 Å². The standard InChI is InChI=1S/C21H20Cl3NO4/c1-2-3-17(21(27)28)25-18(26)11-29-20(15-9-8-14(23)10-16(15)24)19(25)12-4-6-13(22)7-5-12/h4-10,17,19-20H,2-3,11H2,1H3,(H,27,28)/t17-,19-,20+/m0/s1. The van der Waals surface area contributed by atoms with Gasteiger partial charge in [0.1, 0.15) is 18.8 Å². The number of hydrogen-bond donors (Lipinski definition) is 1. The van der Waals surface area contributed by atoms with Gasteiger partial charge in [0.2, 0.25) is 5.91 Å². The zero-order valence-electron chi connectivity index (χ0n) is 15.6. The predicted molar refractivity (Wildman–Crippen MR) is 113 cm³/mol. The number of carbonyl (C=O) groups is 2. The molecule has 1 aliphatic heterocycles. The first-order valence-electron chi connectivity index (χ1n) is 9.19. The quantitative estimate of drug-likeness (QED) is 0.619. The third kappa shape index (κ3) is 4.69. The molecule has 0 unspecified atom stereocenters. The number of benzene rings is 2. The molecule has 3 atom stereocenters. The molecular weight excluding hydrogens is 437 g/mol. The van der Waals surface area contributed by atoms with E-state index in [0.29, 0.717) is 39.0 Å². The first kappa shape index (κ1) is 21.9. The second kappa shape index (κ2) is 9.35. The van der Waals surface area contributed by atoms with Crippen molar-refractivity contribution in [3.05, 3.63) is 68.7 Å². The van der Waals surface area contributed by atoms with Crippen molar-refractivity contribution < 1.29 is 19.4 Å². The van der Waals surface area contributed by atoms with Gasteiger partial charge in [-0.25, -0.2) is 4.79 Å². The zero-order valence-corrected chi connectivity index (χ0v) is 17.9. The van der Waals surface area contributed by atoms with E-state index >= 15 is 0 Å². The van der Waals surface area contributed by atoms with Gasteiger partial charge in [0.25, 0.3) is 0 Å². The minimum Gasteiger partial charge on any atom is -0.480 e. The number of rotatable bonds is 6. The van der Waals surface area contributed by atoms with Gasteiger partial charge in [-0.05, 0) is 36.2 Å². The summed E-state index contributed by atoms with van der Waals surface area (Å²) in [5.41, 5.74) is 1.34. The molecule has 1 heterocycles. The van der Waals surface area contributed by atoms with Gasteiger partial charge >= 0.3 is 5.97 Å². The molecule has 0 bridgehead atoms. The Bertz CT molecular complexity index is 903. The molecule has 0 saturated carbocycles. The molecule has 0 radical (unpaired) electrons. The van der Waals surface area contributed by atoms with Gasteiger partial charge in [-0.15, -0.1) is 0 Å². The van der Waals surface area contributed by atoms with Gasteiger partial charge in [0.15, 0.2) is 0 Å². The fourth-order valence-electron chi connectivity index (χ4n) is 3.64. The van der Waals surface area contributed by atoms with Crippen molar-refractivity contribution in [1.82, 2.24) is 4.90 Å². The van der Waals surface area contributed by atoms with Crippen LogP contribution in [0.4, 0.5) is 0 Å². The van der Waals surface area contributed by atoms with E-state index in [0.717, 1.165) is 0 Å². The van der Waals surface area contributed by atoms with Crippen LogP contribution in [0.5, 0.6) is 0 Å². The summed E-state index contributed by atoms with van der Waals surface area (Å²) >= 11 is 18.5. The molecule has 0 aliphatic carbocycles. The summed E-state index contributed by atoms with van der Waals surface area (Å²) in [7, 11) is 0. The lowest BCUT2D eigenvalue weighted by atomic mass is 9.90. The number of halogens is 3. The molecule has 1 N–H and O–H groups in total. The van der Waals surface area contributed by atoms with Crippen LogP contribution in [0, 0.1) is 0 Å². The molecule has 0 aromatic heterocycles. The number of carboxylic acid groups (broad SMARTS) is 1. The lowest BCUT2D eigenvalue weighted by Crippen LogP contribution is -2.53. The Labute approximate surface area is 184 Å². The van der Waals surface area contributed by atoms with Crippen LogP contribution in [-0.4, -0.2) is 34.5 Å². The second-order valence-electron chi connectivity index (χ2n) is 6.84. The normalized spacial score (nSPS) is 20.6. The van der Waals surface area contributed by atoms with Crippen molar-refractivity contribution in [3.8, 4) is 0 Å². The van der Waals surface area contributed by atoms with Crippen molar-refractivity contribution in [2.24, 2.45) is 0 Å². The summed E-state index contributed by atoms with van der Waals surface area (Å²) in [5.74, 6) is -1.44. The summed E-state index contributed by atoms with van der Waals surface area (Å²) in [6.07, 6.45) is 0.283. The number of morpholine rings is 1. The van der Waals surface area contributed by atoms with Gasteiger partial charge in [0, 0.05) is 20.6 Å². The van der Waals surface area contributed by atoms with E-state index in [1.54, 1.807) is 42.5 Å². The van der Waals surface area contributed by atoms with E-state index in [-0.39, 0.29) is 12.5 Å². The molecule has 2 aromatic rings. The highest BCUT2D eigenvalue weighted by Crippen LogP contribution is 2.44. The zero-order chi connectivity index (χ0) is 21.1. The number of ether oxygens (including phenoxy) is 1. The third-order valence-corrected chi connectivity index (χ3v) is 5.74. The highest BCUT2D eigenvalue weighted by atomic mass is 35.5. The average Bonchev–Trinajstić information content (AvgIpc) is 2.67. The van der Waals surface area contributed by atoms with Gasteiger partial charge in [0.05, 0.1) is 6.04 Å². The molecule has 1 fully saturated rings. The Morgan fingerprint density at radius 2 is 1.83 bits per heavy atom. The molecular formula is C21H20Cl3NO4. The number of amides is 1. The van der Waals surface area contributed by atoms with Crippen LogP contribution in [0.25, 0.3) is 0 Å². The number of hydrogen-bond acceptors (Lipinski definition) is 3. The van der Waals surface area contributed by atoms with E-state index in [2.05, 4.69) is 0 Å². The Morgan fingerprint density at radius 1 is 1.17 bits per heavy atom. The summed E-state index contributed by atoms with van der Waals surface area (Å²) in [6.45, 7) is 1.65. The summed E-state index contributed by atoms with van der Waals surface area (Å²) in [5, 5.41) is 11.2. The van der Waals surface area contributed by atoms with E-state index in [1.807, 2.05) is 6.92 Å². The highest BCUT2D eigenvalue weighted by Gasteiger charge is 2.44. The number of nitrogens with zero attached hydrogens (tertiary/aromatic N) is 1. The Hall–Kier alpha value is -1.79. The van der Waals surface area contributed by atoms with Gasteiger partial charge in [-0.2, -0.15) is 0 Å². The van der Waals surface area contributed by atoms with Crippen molar-refractivity contribution in [2.45, 2.75) is 38.0 Å². The summed E-state index contributed by atoms with van der Waals surface area (Å²) in [4.78, 5) is 26.3. The van der Waals surface area contributed by atoms with Crippen molar-refractivity contribution in [2.75, 3.05) is 6.61 Å². The Balaban J connectivity index is 2.15. The van der Waals surface area contributed by atoms with Crippen molar-refractivity contribution in [3.63, 3.8) is 0 Å². The predicted octanol–water partition coefficient (Wildman–Crippen LogP) is 5.54. The lowest BCUT2D eigenvalue weighted by molar-refractivity contribution is -0.171. The third-order valence-electron chi connectivity index (χ3n) is 4.92. The van der Waals surface area contributed by atoms with Crippen molar-refractivity contribution in [1.29, 1.82) is 0 Å². The molecule has 5 nitrogen and oxygen atoms in total. The molecule has 3 rings (SSSR count). The number of aliphatic carboxylic acids is 1. The van der Waals surface area contributed by atoms with Crippen LogP contribution >= 0.6 is 34.8 Å². The molecule has 2 aromatic carbocycles. The molecule has 1 saturated heterocycles. The number of carboxylic acids is 1. The van der Waals surface area contributed by atoms with E-state index < -0.39 is 24.2 Å². The minimum atomic E-state index is -1.05. The van der Waals surface area contributed by atoms with E-state index in [1.165, 1.54) is 4.90 Å². The Kier molecular flexibility index (Phi) is 7.06. The maximum Gasteiger partial charge on any atom is 0.326 e. The van der Waals surface area contributed by atoms with Gasteiger partial charge in [-0.1, -0.05) is 66.3 Å². The first-order chi connectivity index (χ1) is 13.8. The van der Waals surface area contributed by atoms with Crippen LogP contribution in [0.2, 0.25) is 15.1 Å². The molecule has 1 aliphatic rings. The maximum absolute atomic E-state index is 12.8. The van der Waals surface area contributed by atoms with Crippen LogP contribution in [0.15, 0.2) is 42.5 Å². The fraction of sp³-hybridized carbons (Fsp3) is 0.333. The summed E-state index contributed by atoms with van der Waals surface area (Å²) < 4.78 is 5.89. The smallest absolute Gasteiger partial charge is 0.326 e. The minimum absolute atomic E-state index is 0.235. The maximum atomic E-state index is 12.8. The van der Waals surface area contributed by atoms with E-state index in [9.17, 15) is 14.7 Å². The average molecular weight is 457 g/mol.